The number of benzene rings is 1. The molecule has 0 radical (unpaired) electrons. The van der Waals surface area contributed by atoms with Crippen LogP contribution in [0.1, 0.15) is 23.1 Å². The number of aryl methyl sites for hydroxylation is 2. The molecule has 0 saturated carbocycles. The topological polar surface area (TPSA) is 46.5 Å². The van der Waals surface area contributed by atoms with Crippen LogP contribution < -0.4 is 4.74 Å². The maximum absolute atomic E-state index is 10.4. The van der Waals surface area contributed by atoms with Gasteiger partial charge in [0.1, 0.15) is 5.75 Å². The zero-order chi connectivity index (χ0) is 12.1. The molecule has 0 bridgehead atoms. The zero-order valence-corrected chi connectivity index (χ0v) is 9.78. The van der Waals surface area contributed by atoms with E-state index in [1.807, 2.05) is 32.1 Å². The summed E-state index contributed by atoms with van der Waals surface area (Å²) in [6.07, 6.45) is 3.52. The Hall–Kier alpha value is -1.77. The largest absolute Gasteiger partial charge is 0.496 e. The third-order valence-electron chi connectivity index (χ3n) is 2.37. The molecule has 0 atom stereocenters. The maximum Gasteiger partial charge on any atom is 0.307 e. The SMILES string of the molecule is COc1cc(C)c(C=CCC(=O)O)cc1C. The Morgan fingerprint density at radius 3 is 2.62 bits per heavy atom. The van der Waals surface area contributed by atoms with Gasteiger partial charge in [0.15, 0.2) is 0 Å². The van der Waals surface area contributed by atoms with Crippen molar-refractivity contribution in [2.24, 2.45) is 0 Å². The molecule has 0 aromatic heterocycles. The second kappa shape index (κ2) is 5.35. The molecule has 3 heteroatoms. The standard InChI is InChI=1S/C13H16O3/c1-9-8-12(16-3)10(2)7-11(9)5-4-6-13(14)15/h4-5,7-8H,6H2,1-3H3,(H,14,15). The van der Waals surface area contributed by atoms with Gasteiger partial charge in [-0.2, -0.15) is 0 Å². The van der Waals surface area contributed by atoms with Crippen molar-refractivity contribution in [3.8, 4) is 5.75 Å². The van der Waals surface area contributed by atoms with Crippen LogP contribution in [0.5, 0.6) is 5.75 Å². The molecule has 0 aliphatic rings. The van der Waals surface area contributed by atoms with E-state index in [2.05, 4.69) is 0 Å². The average Bonchev–Trinajstić information content (AvgIpc) is 2.22. The minimum Gasteiger partial charge on any atom is -0.496 e. The van der Waals surface area contributed by atoms with Gasteiger partial charge in [0.05, 0.1) is 13.5 Å². The summed E-state index contributed by atoms with van der Waals surface area (Å²) in [5.74, 6) is 0.0343. The van der Waals surface area contributed by atoms with Gasteiger partial charge in [-0.3, -0.25) is 4.79 Å². The number of hydrogen-bond donors (Lipinski definition) is 1. The van der Waals surface area contributed by atoms with Gasteiger partial charge in [-0.1, -0.05) is 12.2 Å². The third-order valence-corrected chi connectivity index (χ3v) is 2.37. The van der Waals surface area contributed by atoms with Gasteiger partial charge in [0.25, 0.3) is 0 Å². The Morgan fingerprint density at radius 2 is 2.06 bits per heavy atom. The fourth-order valence-electron chi connectivity index (χ4n) is 1.50. The zero-order valence-electron chi connectivity index (χ0n) is 9.78. The van der Waals surface area contributed by atoms with Crippen LogP contribution in [0.2, 0.25) is 0 Å². The van der Waals surface area contributed by atoms with Crippen molar-refractivity contribution in [2.45, 2.75) is 20.3 Å². The second-order valence-electron chi connectivity index (χ2n) is 3.68. The fourth-order valence-corrected chi connectivity index (χ4v) is 1.50. The molecule has 0 spiro atoms. The molecule has 0 aliphatic heterocycles. The van der Waals surface area contributed by atoms with Gasteiger partial charge in [0.2, 0.25) is 0 Å². The molecule has 1 aromatic carbocycles. The molecular weight excluding hydrogens is 204 g/mol. The van der Waals surface area contributed by atoms with Crippen LogP contribution in [0.25, 0.3) is 6.08 Å². The van der Waals surface area contributed by atoms with E-state index in [1.165, 1.54) is 0 Å². The molecule has 0 saturated heterocycles. The smallest absolute Gasteiger partial charge is 0.307 e. The van der Waals surface area contributed by atoms with Crippen molar-refractivity contribution >= 4 is 12.0 Å². The van der Waals surface area contributed by atoms with E-state index in [4.69, 9.17) is 9.84 Å². The molecule has 0 aliphatic carbocycles. The van der Waals surface area contributed by atoms with Crippen LogP contribution in [-0.2, 0) is 4.79 Å². The van der Waals surface area contributed by atoms with Crippen LogP contribution in [-0.4, -0.2) is 18.2 Å². The predicted octanol–water partition coefficient (Wildman–Crippen LogP) is 2.80. The summed E-state index contributed by atoms with van der Waals surface area (Å²) < 4.78 is 5.21. The maximum atomic E-state index is 10.4. The molecule has 0 unspecified atom stereocenters. The molecule has 3 nitrogen and oxygen atoms in total. The first-order chi connectivity index (χ1) is 7.54. The highest BCUT2D eigenvalue weighted by atomic mass is 16.5. The Balaban J connectivity index is 2.93. The number of ether oxygens (including phenoxy) is 1. The van der Waals surface area contributed by atoms with Gasteiger partial charge in [-0.15, -0.1) is 0 Å². The van der Waals surface area contributed by atoms with Gasteiger partial charge >= 0.3 is 5.97 Å². The number of methoxy groups -OCH3 is 1. The second-order valence-corrected chi connectivity index (χ2v) is 3.68. The van der Waals surface area contributed by atoms with Crippen molar-refractivity contribution in [1.29, 1.82) is 0 Å². The van der Waals surface area contributed by atoms with Gasteiger partial charge in [0, 0.05) is 0 Å². The van der Waals surface area contributed by atoms with Crippen molar-refractivity contribution in [1.82, 2.24) is 0 Å². The molecule has 0 fully saturated rings. The number of carbonyl (C=O) groups is 1. The van der Waals surface area contributed by atoms with E-state index in [0.717, 1.165) is 22.4 Å². The monoisotopic (exact) mass is 220 g/mol. The highest BCUT2D eigenvalue weighted by molar-refractivity contribution is 5.70. The van der Waals surface area contributed by atoms with Crippen molar-refractivity contribution in [3.63, 3.8) is 0 Å². The van der Waals surface area contributed by atoms with E-state index in [1.54, 1.807) is 13.2 Å². The van der Waals surface area contributed by atoms with Crippen LogP contribution in [0, 0.1) is 13.8 Å². The van der Waals surface area contributed by atoms with Crippen molar-refractivity contribution in [2.75, 3.05) is 7.11 Å². The lowest BCUT2D eigenvalue weighted by Gasteiger charge is -2.08. The summed E-state index contributed by atoms with van der Waals surface area (Å²) in [6.45, 7) is 3.94. The third kappa shape index (κ3) is 3.12. The minimum absolute atomic E-state index is 0.0461. The lowest BCUT2D eigenvalue weighted by Crippen LogP contribution is -1.92. The number of carboxylic acids is 1. The number of rotatable bonds is 4. The average molecular weight is 220 g/mol. The highest BCUT2D eigenvalue weighted by Gasteiger charge is 2.02. The van der Waals surface area contributed by atoms with Crippen LogP contribution in [0.15, 0.2) is 18.2 Å². The molecular formula is C13H16O3. The van der Waals surface area contributed by atoms with Crippen LogP contribution in [0.3, 0.4) is 0 Å². The first kappa shape index (κ1) is 12.3. The molecule has 1 rings (SSSR count). The lowest BCUT2D eigenvalue weighted by atomic mass is 10.0. The molecule has 16 heavy (non-hydrogen) atoms. The van der Waals surface area contributed by atoms with Crippen molar-refractivity contribution in [3.05, 3.63) is 34.9 Å². The van der Waals surface area contributed by atoms with E-state index < -0.39 is 5.97 Å². The van der Waals surface area contributed by atoms with Gasteiger partial charge in [-0.25, -0.2) is 0 Å². The first-order valence-electron chi connectivity index (χ1n) is 5.08. The summed E-state index contributed by atoms with van der Waals surface area (Å²) in [7, 11) is 1.64. The summed E-state index contributed by atoms with van der Waals surface area (Å²) in [4.78, 5) is 10.4. The van der Waals surface area contributed by atoms with Crippen LogP contribution in [0.4, 0.5) is 0 Å². The Bertz CT molecular complexity index is 419. The lowest BCUT2D eigenvalue weighted by molar-refractivity contribution is -0.135. The first-order valence-corrected chi connectivity index (χ1v) is 5.08. The Labute approximate surface area is 95.4 Å². The van der Waals surface area contributed by atoms with E-state index >= 15 is 0 Å². The quantitative estimate of drug-likeness (QED) is 0.848. The normalized spacial score (nSPS) is 10.7. The number of aliphatic carboxylic acids is 1. The summed E-state index contributed by atoms with van der Waals surface area (Å²) in [5.41, 5.74) is 3.15. The molecule has 0 heterocycles. The van der Waals surface area contributed by atoms with Crippen molar-refractivity contribution < 1.29 is 14.6 Å². The minimum atomic E-state index is -0.820. The van der Waals surface area contributed by atoms with E-state index in [9.17, 15) is 4.79 Å². The molecule has 1 aromatic rings. The van der Waals surface area contributed by atoms with Crippen LogP contribution >= 0.6 is 0 Å². The Kier molecular flexibility index (Phi) is 4.11. The van der Waals surface area contributed by atoms with E-state index in [-0.39, 0.29) is 6.42 Å². The number of carboxylic acid groups (broad SMARTS) is 1. The fraction of sp³-hybridized carbons (Fsp3) is 0.308. The highest BCUT2D eigenvalue weighted by Crippen LogP contribution is 2.23. The molecule has 1 N–H and O–H groups in total. The Morgan fingerprint density at radius 1 is 1.38 bits per heavy atom. The summed E-state index contributed by atoms with van der Waals surface area (Å²) in [6, 6.07) is 3.95. The van der Waals surface area contributed by atoms with Gasteiger partial charge < -0.3 is 9.84 Å². The molecule has 0 amide bonds. The summed E-state index contributed by atoms with van der Waals surface area (Å²) >= 11 is 0. The van der Waals surface area contributed by atoms with E-state index in [0.29, 0.717) is 0 Å². The molecule has 86 valence electrons. The predicted molar refractivity (Wildman–Crippen MR) is 63.8 cm³/mol. The number of hydrogen-bond acceptors (Lipinski definition) is 2. The van der Waals surface area contributed by atoms with Gasteiger partial charge in [-0.05, 0) is 42.7 Å². The summed E-state index contributed by atoms with van der Waals surface area (Å²) in [5, 5.41) is 8.53.